The van der Waals surface area contributed by atoms with Crippen LogP contribution in [0.4, 0.5) is 4.79 Å². The van der Waals surface area contributed by atoms with Crippen molar-refractivity contribution >= 4 is 27.7 Å². The van der Waals surface area contributed by atoms with Crippen LogP contribution < -0.4 is 11.1 Å². The molecule has 9 nitrogen and oxygen atoms in total. The van der Waals surface area contributed by atoms with Crippen molar-refractivity contribution in [3.8, 4) is 0 Å². The number of primary amides is 1. The lowest BCUT2D eigenvalue weighted by molar-refractivity contribution is -0.139. The molecule has 4 N–H and O–H groups in total. The van der Waals surface area contributed by atoms with Crippen molar-refractivity contribution in [3.05, 3.63) is 0 Å². The molecule has 1 fully saturated rings. The second-order valence-corrected chi connectivity index (χ2v) is 7.23. The van der Waals surface area contributed by atoms with Crippen LogP contribution in [0.1, 0.15) is 19.8 Å². The minimum absolute atomic E-state index is 0.0114. The third-order valence-electron chi connectivity index (χ3n) is 3.21. The van der Waals surface area contributed by atoms with Crippen molar-refractivity contribution < 1.29 is 27.9 Å². The molecule has 0 radical (unpaired) electrons. The van der Waals surface area contributed by atoms with Crippen LogP contribution in [0.5, 0.6) is 0 Å². The highest BCUT2D eigenvalue weighted by Crippen LogP contribution is 2.12. The summed E-state index contributed by atoms with van der Waals surface area (Å²) in [6.07, 6.45) is -0.280. The number of carbonyl (C=O) groups excluding carboxylic acids is 2. The molecule has 0 bridgehead atoms. The largest absolute Gasteiger partial charge is 0.480 e. The highest BCUT2D eigenvalue weighted by Gasteiger charge is 2.33. The van der Waals surface area contributed by atoms with E-state index < -0.39 is 39.8 Å². The molecule has 0 aromatic heterocycles. The van der Waals surface area contributed by atoms with Crippen LogP contribution in [0.15, 0.2) is 0 Å². The lowest BCUT2D eigenvalue weighted by atomic mass is 10.1. The number of urea groups is 1. The molecule has 1 rings (SSSR count). The third-order valence-corrected chi connectivity index (χ3v) is 5.00. The molecule has 0 aliphatic carbocycles. The number of sulfone groups is 1. The van der Waals surface area contributed by atoms with Crippen LogP contribution >= 0.6 is 0 Å². The second kappa shape index (κ2) is 6.74. The van der Waals surface area contributed by atoms with Crippen molar-refractivity contribution in [2.75, 3.05) is 18.1 Å². The number of carboxylic acids is 1. The zero-order chi connectivity index (χ0) is 16.2. The highest BCUT2D eigenvalue weighted by atomic mass is 32.2. The predicted molar refractivity (Wildman–Crippen MR) is 73.2 cm³/mol. The van der Waals surface area contributed by atoms with Crippen molar-refractivity contribution in [1.82, 2.24) is 10.2 Å². The van der Waals surface area contributed by atoms with Gasteiger partial charge in [0, 0.05) is 19.0 Å². The number of nitrogens with zero attached hydrogens (tertiary/aromatic N) is 1. The van der Waals surface area contributed by atoms with Crippen molar-refractivity contribution in [3.63, 3.8) is 0 Å². The summed E-state index contributed by atoms with van der Waals surface area (Å²) in [5.74, 6) is -2.24. The van der Waals surface area contributed by atoms with Crippen LogP contribution in [0.3, 0.4) is 0 Å². The van der Waals surface area contributed by atoms with Gasteiger partial charge in [-0.2, -0.15) is 0 Å². The first-order valence-corrected chi connectivity index (χ1v) is 8.23. The molecule has 21 heavy (non-hydrogen) atoms. The van der Waals surface area contributed by atoms with Crippen molar-refractivity contribution in [1.29, 1.82) is 0 Å². The Bertz CT molecular complexity index is 532. The van der Waals surface area contributed by atoms with E-state index >= 15 is 0 Å². The Hall–Kier alpha value is -1.84. The SMILES string of the molecule is CC1CS(=O)(=O)CCN1C(=O)N[C@H](CCC(N)=O)C(=O)O. The van der Waals surface area contributed by atoms with E-state index in [1.807, 2.05) is 0 Å². The van der Waals surface area contributed by atoms with Gasteiger partial charge in [-0.15, -0.1) is 0 Å². The van der Waals surface area contributed by atoms with Gasteiger partial charge in [0.05, 0.1) is 11.5 Å². The number of carboxylic acid groups (broad SMARTS) is 1. The Labute approximate surface area is 122 Å². The molecule has 1 unspecified atom stereocenters. The highest BCUT2D eigenvalue weighted by molar-refractivity contribution is 7.91. The smallest absolute Gasteiger partial charge is 0.326 e. The zero-order valence-corrected chi connectivity index (χ0v) is 12.4. The topological polar surface area (TPSA) is 147 Å². The number of nitrogens with two attached hydrogens (primary N) is 1. The number of carbonyl (C=O) groups is 3. The first kappa shape index (κ1) is 17.2. The van der Waals surface area contributed by atoms with E-state index in [1.54, 1.807) is 6.92 Å². The van der Waals surface area contributed by atoms with Crippen LogP contribution in [0, 0.1) is 0 Å². The normalized spacial score (nSPS) is 22.3. The molecule has 1 aliphatic rings. The van der Waals surface area contributed by atoms with Crippen molar-refractivity contribution in [2.24, 2.45) is 5.73 Å². The second-order valence-electron chi connectivity index (χ2n) is 5.00. The number of rotatable bonds is 5. The molecule has 1 saturated heterocycles. The van der Waals surface area contributed by atoms with E-state index in [1.165, 1.54) is 4.90 Å². The first-order valence-electron chi connectivity index (χ1n) is 6.41. The summed E-state index contributed by atoms with van der Waals surface area (Å²) in [5.41, 5.74) is 4.94. The van der Waals surface area contributed by atoms with Gasteiger partial charge in [-0.3, -0.25) is 4.79 Å². The molecule has 0 aromatic rings. The quantitative estimate of drug-likeness (QED) is 0.563. The lowest BCUT2D eigenvalue weighted by Crippen LogP contribution is -2.56. The van der Waals surface area contributed by atoms with Crippen LogP contribution in [-0.4, -0.2) is 66.5 Å². The van der Waals surface area contributed by atoms with Gasteiger partial charge in [0.25, 0.3) is 0 Å². The molecule has 0 spiro atoms. The molecular formula is C11H19N3O6S. The molecular weight excluding hydrogens is 302 g/mol. The van der Waals surface area contributed by atoms with Gasteiger partial charge < -0.3 is 21.1 Å². The van der Waals surface area contributed by atoms with Gasteiger partial charge in [-0.05, 0) is 13.3 Å². The van der Waals surface area contributed by atoms with Gasteiger partial charge >= 0.3 is 12.0 Å². The number of amides is 3. The number of aliphatic carboxylic acids is 1. The summed E-state index contributed by atoms with van der Waals surface area (Å²) in [6, 6.07) is -2.43. The molecule has 0 saturated carbocycles. The maximum Gasteiger partial charge on any atom is 0.326 e. The minimum Gasteiger partial charge on any atom is -0.480 e. The van der Waals surface area contributed by atoms with E-state index in [2.05, 4.69) is 5.32 Å². The molecule has 1 aliphatic heterocycles. The first-order chi connectivity index (χ1) is 9.62. The van der Waals surface area contributed by atoms with Gasteiger partial charge in [0.15, 0.2) is 9.84 Å². The Balaban J connectivity index is 2.65. The third kappa shape index (κ3) is 5.21. The minimum atomic E-state index is -3.16. The monoisotopic (exact) mass is 321 g/mol. The van der Waals surface area contributed by atoms with Crippen molar-refractivity contribution in [2.45, 2.75) is 31.8 Å². The summed E-state index contributed by atoms with van der Waals surface area (Å²) in [4.78, 5) is 35.0. The van der Waals surface area contributed by atoms with Crippen LogP contribution in [-0.2, 0) is 19.4 Å². The number of hydrogen-bond acceptors (Lipinski definition) is 5. The maximum atomic E-state index is 12.0. The van der Waals surface area contributed by atoms with E-state index in [0.29, 0.717) is 0 Å². The molecule has 3 amide bonds. The Morgan fingerprint density at radius 2 is 2.05 bits per heavy atom. The van der Waals surface area contributed by atoms with Gasteiger partial charge in [0.1, 0.15) is 6.04 Å². The Kier molecular flexibility index (Phi) is 5.53. The van der Waals surface area contributed by atoms with Crippen LogP contribution in [0.25, 0.3) is 0 Å². The van der Waals surface area contributed by atoms with E-state index in [9.17, 15) is 22.8 Å². The molecule has 120 valence electrons. The lowest BCUT2D eigenvalue weighted by Gasteiger charge is -2.33. The average Bonchev–Trinajstić information content (AvgIpc) is 2.32. The van der Waals surface area contributed by atoms with E-state index in [4.69, 9.17) is 10.8 Å². The van der Waals surface area contributed by atoms with Gasteiger partial charge in [-0.25, -0.2) is 18.0 Å². The fourth-order valence-electron chi connectivity index (χ4n) is 2.08. The Morgan fingerprint density at radius 1 is 1.43 bits per heavy atom. The summed E-state index contributed by atoms with van der Waals surface area (Å²) in [6.45, 7) is 1.59. The zero-order valence-electron chi connectivity index (χ0n) is 11.6. The van der Waals surface area contributed by atoms with Crippen LogP contribution in [0.2, 0.25) is 0 Å². The number of hydrogen-bond donors (Lipinski definition) is 3. The fraction of sp³-hybridized carbons (Fsp3) is 0.727. The maximum absolute atomic E-state index is 12.0. The summed E-state index contributed by atoms with van der Waals surface area (Å²) < 4.78 is 22.9. The number of nitrogens with one attached hydrogen (secondary N) is 1. The Morgan fingerprint density at radius 3 is 2.52 bits per heavy atom. The molecule has 1 heterocycles. The standard InChI is InChI=1S/C11H19N3O6S/c1-7-6-21(19,20)5-4-14(7)11(18)13-8(10(16)17)2-3-9(12)15/h7-8H,2-6H2,1H3,(H2,12,15)(H,13,18)(H,16,17)/t7?,8-/m1/s1. The summed E-state index contributed by atoms with van der Waals surface area (Å²) >= 11 is 0. The van der Waals surface area contributed by atoms with Gasteiger partial charge in [-0.1, -0.05) is 0 Å². The molecule has 10 heteroatoms. The van der Waals surface area contributed by atoms with E-state index in [-0.39, 0.29) is 30.9 Å². The molecule has 2 atom stereocenters. The average molecular weight is 321 g/mol. The predicted octanol–water partition coefficient (Wildman–Crippen LogP) is -1.47. The summed E-state index contributed by atoms with van der Waals surface area (Å²) in [5, 5.41) is 11.3. The van der Waals surface area contributed by atoms with E-state index in [0.717, 1.165) is 0 Å². The summed E-state index contributed by atoms with van der Waals surface area (Å²) in [7, 11) is -3.16. The molecule has 0 aromatic carbocycles. The van der Waals surface area contributed by atoms with Gasteiger partial charge in [0.2, 0.25) is 5.91 Å². The fourth-order valence-corrected chi connectivity index (χ4v) is 3.63.